The summed E-state index contributed by atoms with van der Waals surface area (Å²) in [6, 6.07) is 22.8. The van der Waals surface area contributed by atoms with Crippen molar-refractivity contribution in [3.8, 4) is 5.75 Å². The third kappa shape index (κ3) is 5.15. The number of ketones is 1. The highest BCUT2D eigenvalue weighted by atomic mass is 35.5. The number of carbonyl (C=O) groups excluding carboxylic acids is 2. The van der Waals surface area contributed by atoms with E-state index >= 15 is 0 Å². The summed E-state index contributed by atoms with van der Waals surface area (Å²) in [4.78, 5) is 26.5. The lowest BCUT2D eigenvalue weighted by Crippen LogP contribution is -2.38. The number of rotatable bonds is 7. The second kappa shape index (κ2) is 9.44. The first kappa shape index (κ1) is 20.0. The molecule has 1 N–H and O–H groups in total. The molecule has 0 aromatic heterocycles. The molecule has 0 saturated heterocycles. The molecule has 6 heteroatoms. The fourth-order valence-corrected chi connectivity index (χ4v) is 3.60. The number of nitrogens with one attached hydrogen (secondary N) is 1. The van der Waals surface area contributed by atoms with E-state index in [1.807, 2.05) is 18.2 Å². The van der Waals surface area contributed by atoms with Gasteiger partial charge in [-0.2, -0.15) is 0 Å². The number of carbonyl (C=O) groups is 2. The molecule has 142 valence electrons. The monoisotopic (exact) mass is 411 g/mol. The van der Waals surface area contributed by atoms with Gasteiger partial charge in [-0.1, -0.05) is 53.7 Å². The Morgan fingerprint density at radius 2 is 1.54 bits per heavy atom. The second-order valence-corrected chi connectivity index (χ2v) is 7.50. The normalized spacial score (nSPS) is 11.5. The Bertz CT molecular complexity index is 944. The van der Waals surface area contributed by atoms with Crippen molar-refractivity contribution in [1.82, 2.24) is 5.32 Å². The van der Waals surface area contributed by atoms with Gasteiger partial charge in [-0.15, -0.1) is 0 Å². The molecular weight excluding hydrogens is 394 g/mol. The molecule has 3 rings (SSSR count). The lowest BCUT2D eigenvalue weighted by molar-refractivity contribution is 0.0892. The summed E-state index contributed by atoms with van der Waals surface area (Å²) in [5.41, 5.74) is 0.979. The van der Waals surface area contributed by atoms with Gasteiger partial charge in [0.25, 0.3) is 5.91 Å². The highest BCUT2D eigenvalue weighted by molar-refractivity contribution is 8.00. The Morgan fingerprint density at radius 1 is 0.893 bits per heavy atom. The van der Waals surface area contributed by atoms with Gasteiger partial charge in [0.1, 0.15) is 11.1 Å². The van der Waals surface area contributed by atoms with Crippen LogP contribution in [-0.2, 0) is 0 Å². The van der Waals surface area contributed by atoms with E-state index in [1.165, 1.54) is 11.8 Å². The summed E-state index contributed by atoms with van der Waals surface area (Å²) in [5, 5.41) is 2.66. The van der Waals surface area contributed by atoms with Crippen molar-refractivity contribution in [2.75, 3.05) is 7.11 Å². The molecule has 3 aromatic rings. The number of benzene rings is 3. The van der Waals surface area contributed by atoms with Gasteiger partial charge in [0.15, 0.2) is 5.78 Å². The molecule has 0 saturated carbocycles. The molecule has 0 fully saturated rings. The molecule has 0 aliphatic heterocycles. The summed E-state index contributed by atoms with van der Waals surface area (Å²) >= 11 is 7.21. The molecule has 0 radical (unpaired) electrons. The third-order valence-corrected chi connectivity index (χ3v) is 5.34. The van der Waals surface area contributed by atoms with Crippen LogP contribution in [-0.4, -0.2) is 24.2 Å². The van der Waals surface area contributed by atoms with E-state index in [-0.39, 0.29) is 11.7 Å². The number of methoxy groups -OCH3 is 1. The van der Waals surface area contributed by atoms with Crippen molar-refractivity contribution in [3.63, 3.8) is 0 Å². The number of hydrogen-bond acceptors (Lipinski definition) is 4. The molecule has 0 aliphatic carbocycles. The van der Waals surface area contributed by atoms with Crippen LogP contribution in [0.15, 0.2) is 83.8 Å². The van der Waals surface area contributed by atoms with Crippen molar-refractivity contribution < 1.29 is 14.3 Å². The van der Waals surface area contributed by atoms with Crippen molar-refractivity contribution in [2.45, 2.75) is 10.3 Å². The number of halogens is 1. The third-order valence-electron chi connectivity index (χ3n) is 3.98. The highest BCUT2D eigenvalue weighted by Crippen LogP contribution is 2.26. The Hall–Kier alpha value is -2.76. The molecule has 0 unspecified atom stereocenters. The summed E-state index contributed by atoms with van der Waals surface area (Å²) in [6.07, 6.45) is 0. The Labute approximate surface area is 172 Å². The molecule has 0 bridgehead atoms. The topological polar surface area (TPSA) is 55.4 Å². The molecule has 3 aromatic carbocycles. The van der Waals surface area contributed by atoms with Crippen molar-refractivity contribution in [3.05, 3.63) is 95.0 Å². The van der Waals surface area contributed by atoms with Crippen LogP contribution in [0.1, 0.15) is 20.7 Å². The smallest absolute Gasteiger partial charge is 0.252 e. The molecule has 0 spiro atoms. The lowest BCUT2D eigenvalue weighted by Gasteiger charge is -2.18. The van der Waals surface area contributed by atoms with Crippen molar-refractivity contribution in [2.24, 2.45) is 0 Å². The fraction of sp³-hybridized carbons (Fsp3) is 0.0909. The number of ether oxygens (including phenoxy) is 1. The standard InChI is InChI=1S/C22H18ClNO3S/c1-27-18-11-7-16(8-12-18)21(26)24-22(20(25)15-5-3-2-4-6-15)28-19-13-9-17(23)10-14-19/h2-14,22H,1H3,(H,24,26)/t22-/m1/s1. The van der Waals surface area contributed by atoms with E-state index in [2.05, 4.69) is 5.32 Å². The number of hydrogen-bond donors (Lipinski definition) is 1. The lowest BCUT2D eigenvalue weighted by atomic mass is 10.1. The van der Waals surface area contributed by atoms with Crippen molar-refractivity contribution >= 4 is 35.1 Å². The van der Waals surface area contributed by atoms with Gasteiger partial charge < -0.3 is 10.1 Å². The van der Waals surface area contributed by atoms with E-state index in [0.29, 0.717) is 21.9 Å². The maximum absolute atomic E-state index is 13.0. The Balaban J connectivity index is 1.83. The predicted molar refractivity (Wildman–Crippen MR) is 112 cm³/mol. The van der Waals surface area contributed by atoms with E-state index in [9.17, 15) is 9.59 Å². The zero-order chi connectivity index (χ0) is 19.9. The Kier molecular flexibility index (Phi) is 6.74. The summed E-state index contributed by atoms with van der Waals surface area (Å²) in [5.74, 6) is 0.143. The first-order valence-corrected chi connectivity index (χ1v) is 9.79. The van der Waals surface area contributed by atoms with Gasteiger partial charge >= 0.3 is 0 Å². The molecular formula is C22H18ClNO3S. The maximum Gasteiger partial charge on any atom is 0.252 e. The molecule has 1 atom stereocenters. The maximum atomic E-state index is 13.0. The quantitative estimate of drug-likeness (QED) is 0.334. The van der Waals surface area contributed by atoms with Gasteiger partial charge in [-0.3, -0.25) is 9.59 Å². The van der Waals surface area contributed by atoms with Crippen LogP contribution in [0.3, 0.4) is 0 Å². The SMILES string of the molecule is COc1ccc(C(=O)N[C@H](Sc2ccc(Cl)cc2)C(=O)c2ccccc2)cc1. The van der Waals surface area contributed by atoms with Crippen LogP contribution in [0.5, 0.6) is 5.75 Å². The first-order valence-electron chi connectivity index (χ1n) is 8.53. The van der Waals surface area contributed by atoms with Gasteiger partial charge in [-0.05, 0) is 48.5 Å². The van der Waals surface area contributed by atoms with Crippen LogP contribution in [0.2, 0.25) is 5.02 Å². The summed E-state index contributed by atoms with van der Waals surface area (Å²) in [6.45, 7) is 0. The molecule has 1 amide bonds. The molecule has 0 heterocycles. The average Bonchev–Trinajstić information content (AvgIpc) is 2.75. The first-order chi connectivity index (χ1) is 13.6. The van der Waals surface area contributed by atoms with E-state index in [0.717, 1.165) is 4.90 Å². The van der Waals surface area contributed by atoms with Gasteiger partial charge in [0.2, 0.25) is 0 Å². The van der Waals surface area contributed by atoms with E-state index < -0.39 is 5.37 Å². The summed E-state index contributed by atoms with van der Waals surface area (Å²) in [7, 11) is 1.56. The Morgan fingerprint density at radius 3 is 2.14 bits per heavy atom. The minimum atomic E-state index is -0.779. The minimum absolute atomic E-state index is 0.178. The fourth-order valence-electron chi connectivity index (χ4n) is 2.50. The summed E-state index contributed by atoms with van der Waals surface area (Å²) < 4.78 is 5.11. The highest BCUT2D eigenvalue weighted by Gasteiger charge is 2.24. The zero-order valence-corrected chi connectivity index (χ0v) is 16.7. The average molecular weight is 412 g/mol. The zero-order valence-electron chi connectivity index (χ0n) is 15.1. The van der Waals surface area contributed by atoms with Crippen LogP contribution < -0.4 is 10.1 Å². The number of Topliss-reactive ketones (excluding diaryl/α,β-unsaturated/α-hetero) is 1. The minimum Gasteiger partial charge on any atom is -0.497 e. The van der Waals surface area contributed by atoms with E-state index in [1.54, 1.807) is 67.8 Å². The molecule has 0 aliphatic rings. The van der Waals surface area contributed by atoms with E-state index in [4.69, 9.17) is 16.3 Å². The van der Waals surface area contributed by atoms with Gasteiger partial charge in [-0.25, -0.2) is 0 Å². The molecule has 4 nitrogen and oxygen atoms in total. The number of amides is 1. The largest absolute Gasteiger partial charge is 0.497 e. The number of thioether (sulfide) groups is 1. The second-order valence-electron chi connectivity index (χ2n) is 5.88. The van der Waals surface area contributed by atoms with Crippen LogP contribution in [0, 0.1) is 0 Å². The van der Waals surface area contributed by atoms with Gasteiger partial charge in [0.05, 0.1) is 7.11 Å². The predicted octanol–water partition coefficient (Wildman–Crippen LogP) is 5.08. The molecule has 28 heavy (non-hydrogen) atoms. The van der Waals surface area contributed by atoms with Crippen LogP contribution in [0.25, 0.3) is 0 Å². The van der Waals surface area contributed by atoms with Gasteiger partial charge in [0, 0.05) is 21.0 Å². The van der Waals surface area contributed by atoms with Crippen molar-refractivity contribution in [1.29, 1.82) is 0 Å². The van der Waals surface area contributed by atoms with Crippen LogP contribution >= 0.6 is 23.4 Å². The van der Waals surface area contributed by atoms with Crippen LogP contribution in [0.4, 0.5) is 0 Å².